The molecule has 0 saturated heterocycles. The van der Waals surface area contributed by atoms with Crippen LogP contribution in [-0.4, -0.2) is 45.8 Å². The molecule has 0 aliphatic carbocycles. The van der Waals surface area contributed by atoms with Gasteiger partial charge in [0.2, 0.25) is 9.84 Å². The van der Waals surface area contributed by atoms with E-state index >= 15 is 0 Å². The first-order valence-corrected chi connectivity index (χ1v) is 12.6. The van der Waals surface area contributed by atoms with Gasteiger partial charge in [0.25, 0.3) is 0 Å². The number of hydrogen-bond acceptors (Lipinski definition) is 7. The molecule has 1 atom stereocenters. The number of benzene rings is 3. The summed E-state index contributed by atoms with van der Waals surface area (Å²) >= 11 is 5.94. The Morgan fingerprint density at radius 3 is 2.26 bits per heavy atom. The van der Waals surface area contributed by atoms with Gasteiger partial charge >= 0.3 is 5.97 Å². The number of carbonyl (C=O) groups excluding carboxylic acids is 1. The van der Waals surface area contributed by atoms with Crippen LogP contribution in [0.3, 0.4) is 0 Å². The lowest BCUT2D eigenvalue weighted by Crippen LogP contribution is -2.26. The Morgan fingerprint density at radius 1 is 1.03 bits per heavy atom. The molecule has 0 radical (unpaired) electrons. The van der Waals surface area contributed by atoms with Gasteiger partial charge in [-0.2, -0.15) is 0 Å². The van der Waals surface area contributed by atoms with Gasteiger partial charge in [-0.3, -0.25) is 0 Å². The van der Waals surface area contributed by atoms with E-state index in [0.29, 0.717) is 36.0 Å². The van der Waals surface area contributed by atoms with Crippen molar-refractivity contribution in [3.8, 4) is 5.75 Å². The highest BCUT2D eigenvalue weighted by Crippen LogP contribution is 2.24. The lowest BCUT2D eigenvalue weighted by Gasteiger charge is -2.13. The van der Waals surface area contributed by atoms with Gasteiger partial charge < -0.3 is 19.9 Å². The minimum Gasteiger partial charge on any atom is -0.492 e. The van der Waals surface area contributed by atoms with E-state index in [4.69, 9.17) is 21.1 Å². The monoisotopic (exact) mass is 539 g/mol. The predicted molar refractivity (Wildman–Crippen MR) is 136 cm³/mol. The summed E-state index contributed by atoms with van der Waals surface area (Å²) in [7, 11) is -3.74. The van der Waals surface area contributed by atoms with Crippen molar-refractivity contribution >= 4 is 39.8 Å². The van der Waals surface area contributed by atoms with Crippen LogP contribution in [0.4, 0.5) is 0 Å². The summed E-state index contributed by atoms with van der Waals surface area (Å²) < 4.78 is 36.3. The molecule has 0 fully saturated rings. The number of rotatable bonds is 11. The Hall–Kier alpha value is -2.62. The summed E-state index contributed by atoms with van der Waals surface area (Å²) in [4.78, 5) is 11.9. The van der Waals surface area contributed by atoms with Crippen molar-refractivity contribution < 1.29 is 27.8 Å². The first-order valence-electron chi connectivity index (χ1n) is 10.7. The van der Waals surface area contributed by atoms with Crippen LogP contribution >= 0.6 is 24.0 Å². The Bertz CT molecular complexity index is 1200. The molecule has 0 unspecified atom stereocenters. The average Bonchev–Trinajstić information content (AvgIpc) is 2.84. The van der Waals surface area contributed by atoms with Crippen molar-refractivity contribution in [3.05, 3.63) is 88.9 Å². The minimum atomic E-state index is -3.74. The molecule has 35 heavy (non-hydrogen) atoms. The second kappa shape index (κ2) is 13.5. The number of sulfone groups is 1. The summed E-state index contributed by atoms with van der Waals surface area (Å²) in [5.74, 6) is 0.0233. The van der Waals surface area contributed by atoms with E-state index in [0.717, 1.165) is 5.56 Å². The molecule has 7 nitrogen and oxygen atoms in total. The highest BCUT2D eigenvalue weighted by Gasteiger charge is 2.18. The number of aliphatic hydroxyl groups excluding tert-OH is 1. The molecule has 0 amide bonds. The van der Waals surface area contributed by atoms with Crippen LogP contribution in [0.1, 0.15) is 28.9 Å². The van der Waals surface area contributed by atoms with E-state index in [1.165, 1.54) is 36.4 Å². The maximum Gasteiger partial charge on any atom is 0.338 e. The van der Waals surface area contributed by atoms with E-state index in [-0.39, 0.29) is 28.8 Å². The molecule has 3 aromatic rings. The zero-order valence-electron chi connectivity index (χ0n) is 19.0. The van der Waals surface area contributed by atoms with E-state index in [9.17, 15) is 18.3 Å². The first kappa shape index (κ1) is 28.6. The van der Waals surface area contributed by atoms with Gasteiger partial charge in [0.1, 0.15) is 12.4 Å². The lowest BCUT2D eigenvalue weighted by atomic mass is 10.1. The Kier molecular flexibility index (Phi) is 11.0. The largest absolute Gasteiger partial charge is 0.492 e. The van der Waals surface area contributed by atoms with Crippen molar-refractivity contribution in [1.29, 1.82) is 0 Å². The third-order valence-corrected chi connectivity index (χ3v) is 6.95. The summed E-state index contributed by atoms with van der Waals surface area (Å²) in [6.45, 7) is 3.12. The number of halogens is 2. The van der Waals surface area contributed by atoms with E-state index < -0.39 is 21.9 Å². The Morgan fingerprint density at radius 2 is 1.66 bits per heavy atom. The van der Waals surface area contributed by atoms with Crippen LogP contribution in [0.2, 0.25) is 5.02 Å². The summed E-state index contributed by atoms with van der Waals surface area (Å²) in [5, 5.41) is 13.9. The number of hydrogen-bond donors (Lipinski definition) is 2. The van der Waals surface area contributed by atoms with Gasteiger partial charge in [-0.15, -0.1) is 12.4 Å². The Balaban J connectivity index is 0.00000432. The average molecular weight is 540 g/mol. The molecule has 0 aliphatic rings. The van der Waals surface area contributed by atoms with Crippen molar-refractivity contribution in [2.45, 2.75) is 22.8 Å². The molecular formula is C25H27Cl2NO6S. The highest BCUT2D eigenvalue weighted by atomic mass is 35.5. The number of esters is 1. The Labute approximate surface area is 216 Å². The maximum atomic E-state index is 12.9. The fourth-order valence-corrected chi connectivity index (χ4v) is 4.61. The van der Waals surface area contributed by atoms with E-state index in [2.05, 4.69) is 5.32 Å². The van der Waals surface area contributed by atoms with Crippen molar-refractivity contribution in [2.24, 2.45) is 0 Å². The van der Waals surface area contributed by atoms with Crippen LogP contribution in [-0.2, 0) is 14.6 Å². The maximum absolute atomic E-state index is 12.9. The van der Waals surface area contributed by atoms with Gasteiger partial charge in [-0.1, -0.05) is 23.7 Å². The number of carbonyl (C=O) groups is 1. The summed E-state index contributed by atoms with van der Waals surface area (Å²) in [5.41, 5.74) is 1.02. The van der Waals surface area contributed by atoms with Crippen LogP contribution in [0, 0.1) is 0 Å². The predicted octanol–water partition coefficient (Wildman–Crippen LogP) is 4.47. The zero-order chi connectivity index (χ0) is 24.6. The van der Waals surface area contributed by atoms with Gasteiger partial charge in [-0.05, 0) is 73.2 Å². The van der Waals surface area contributed by atoms with Crippen molar-refractivity contribution in [3.63, 3.8) is 0 Å². The van der Waals surface area contributed by atoms with Crippen LogP contribution in [0.5, 0.6) is 5.75 Å². The third-order valence-electron chi connectivity index (χ3n) is 4.93. The molecule has 0 spiro atoms. The quantitative estimate of drug-likeness (QED) is 0.273. The molecular weight excluding hydrogens is 513 g/mol. The fourth-order valence-electron chi connectivity index (χ4n) is 3.15. The second-order valence-electron chi connectivity index (χ2n) is 7.34. The molecule has 2 N–H and O–H groups in total. The minimum absolute atomic E-state index is 0. The highest BCUT2D eigenvalue weighted by molar-refractivity contribution is 7.91. The standard InChI is InChI=1S/C25H26ClNO6S.ClH/c1-2-32-25(29)18-6-10-22(11-7-18)34(30,31)23-12-8-21(9-13-23)33-15-14-27-17-24(28)19-4-3-5-20(26)16-19;/h3-13,16,24,27-28H,2,14-15,17H2,1H3;1H/t24-;/m1./s1. The number of aliphatic hydroxyl groups is 1. The van der Waals surface area contributed by atoms with Crippen LogP contribution in [0.15, 0.2) is 82.6 Å². The summed E-state index contributed by atoms with van der Waals surface area (Å²) in [6.07, 6.45) is -0.686. The summed E-state index contributed by atoms with van der Waals surface area (Å²) in [6, 6.07) is 18.8. The van der Waals surface area contributed by atoms with Gasteiger partial charge in [-0.25, -0.2) is 13.2 Å². The third kappa shape index (κ3) is 7.95. The van der Waals surface area contributed by atoms with E-state index in [1.54, 1.807) is 43.3 Å². The van der Waals surface area contributed by atoms with Gasteiger partial charge in [0.15, 0.2) is 0 Å². The number of ether oxygens (including phenoxy) is 2. The van der Waals surface area contributed by atoms with Gasteiger partial charge in [0, 0.05) is 18.1 Å². The molecule has 0 bridgehead atoms. The number of nitrogens with one attached hydrogen (secondary N) is 1. The van der Waals surface area contributed by atoms with Crippen molar-refractivity contribution in [1.82, 2.24) is 5.32 Å². The fraction of sp³-hybridized carbons (Fsp3) is 0.240. The topological polar surface area (TPSA) is 102 Å². The molecule has 188 valence electrons. The molecule has 3 aromatic carbocycles. The van der Waals surface area contributed by atoms with E-state index in [1.807, 2.05) is 0 Å². The SMILES string of the molecule is CCOC(=O)c1ccc(S(=O)(=O)c2ccc(OCCNC[C@@H](O)c3cccc(Cl)c3)cc2)cc1.Cl. The molecule has 3 rings (SSSR count). The van der Waals surface area contributed by atoms with Crippen LogP contribution < -0.4 is 10.1 Å². The zero-order valence-corrected chi connectivity index (χ0v) is 21.4. The van der Waals surface area contributed by atoms with Crippen LogP contribution in [0.25, 0.3) is 0 Å². The molecule has 0 saturated carbocycles. The normalized spacial score (nSPS) is 11.9. The smallest absolute Gasteiger partial charge is 0.338 e. The molecule has 0 aromatic heterocycles. The molecule has 0 heterocycles. The first-order chi connectivity index (χ1) is 16.3. The lowest BCUT2D eigenvalue weighted by molar-refractivity contribution is 0.0526. The van der Waals surface area contributed by atoms with Gasteiger partial charge in [0.05, 0.1) is 28.1 Å². The molecule has 0 aliphatic heterocycles. The second-order valence-corrected chi connectivity index (χ2v) is 9.73. The van der Waals surface area contributed by atoms with Crippen molar-refractivity contribution in [2.75, 3.05) is 26.3 Å². The molecule has 10 heteroatoms.